The van der Waals surface area contributed by atoms with Crippen LogP contribution in [-0.4, -0.2) is 42.3 Å². The van der Waals surface area contributed by atoms with Gasteiger partial charge in [0.1, 0.15) is 0 Å². The SMILES string of the molecule is CC(=O)c1cccc(NC(=O)CN2CC(C)C(N)C2)c1. The molecule has 1 aromatic rings. The molecule has 1 fully saturated rings. The van der Waals surface area contributed by atoms with Crippen LogP contribution in [0.1, 0.15) is 24.2 Å². The van der Waals surface area contributed by atoms with E-state index >= 15 is 0 Å². The molecule has 2 atom stereocenters. The Kier molecular flexibility index (Phi) is 4.52. The molecule has 5 nitrogen and oxygen atoms in total. The van der Waals surface area contributed by atoms with E-state index in [1.165, 1.54) is 6.92 Å². The third-order valence-corrected chi connectivity index (χ3v) is 3.67. The molecule has 0 aliphatic carbocycles. The smallest absolute Gasteiger partial charge is 0.238 e. The first-order valence-electron chi connectivity index (χ1n) is 6.84. The highest BCUT2D eigenvalue weighted by molar-refractivity contribution is 5.97. The highest BCUT2D eigenvalue weighted by Crippen LogP contribution is 2.15. The van der Waals surface area contributed by atoms with E-state index < -0.39 is 0 Å². The van der Waals surface area contributed by atoms with Crippen LogP contribution >= 0.6 is 0 Å². The minimum Gasteiger partial charge on any atom is -0.326 e. The number of nitrogens with two attached hydrogens (primary N) is 1. The van der Waals surface area contributed by atoms with Crippen LogP contribution in [0.2, 0.25) is 0 Å². The molecule has 1 saturated heterocycles. The van der Waals surface area contributed by atoms with E-state index in [0.29, 0.717) is 23.7 Å². The van der Waals surface area contributed by atoms with Crippen LogP contribution < -0.4 is 11.1 Å². The van der Waals surface area contributed by atoms with Crippen molar-refractivity contribution in [2.24, 2.45) is 11.7 Å². The molecule has 0 radical (unpaired) electrons. The van der Waals surface area contributed by atoms with E-state index in [-0.39, 0.29) is 17.7 Å². The Labute approximate surface area is 119 Å². The van der Waals surface area contributed by atoms with Gasteiger partial charge in [-0.1, -0.05) is 19.1 Å². The number of carbonyl (C=O) groups excluding carboxylic acids is 2. The molecule has 0 bridgehead atoms. The molecule has 1 aromatic carbocycles. The molecular weight excluding hydrogens is 254 g/mol. The summed E-state index contributed by atoms with van der Waals surface area (Å²) in [5, 5.41) is 2.82. The fourth-order valence-electron chi connectivity index (χ4n) is 2.44. The zero-order valence-corrected chi connectivity index (χ0v) is 11.9. The minimum absolute atomic E-state index is 0.0135. The average Bonchev–Trinajstić information content (AvgIpc) is 2.68. The van der Waals surface area contributed by atoms with Gasteiger partial charge in [0, 0.05) is 30.4 Å². The Morgan fingerprint density at radius 1 is 1.40 bits per heavy atom. The van der Waals surface area contributed by atoms with Gasteiger partial charge in [0.2, 0.25) is 5.91 Å². The lowest BCUT2D eigenvalue weighted by Gasteiger charge is -2.15. The second kappa shape index (κ2) is 6.15. The lowest BCUT2D eigenvalue weighted by molar-refractivity contribution is -0.117. The Hall–Kier alpha value is -1.72. The van der Waals surface area contributed by atoms with Crippen molar-refractivity contribution >= 4 is 17.4 Å². The molecule has 20 heavy (non-hydrogen) atoms. The second-order valence-electron chi connectivity index (χ2n) is 5.52. The van der Waals surface area contributed by atoms with Crippen molar-refractivity contribution in [2.75, 3.05) is 25.0 Å². The summed E-state index contributed by atoms with van der Waals surface area (Å²) in [5.41, 5.74) is 7.19. The first-order chi connectivity index (χ1) is 9.45. The van der Waals surface area contributed by atoms with Gasteiger partial charge in [0.25, 0.3) is 0 Å². The van der Waals surface area contributed by atoms with Crippen LogP contribution in [0.5, 0.6) is 0 Å². The maximum absolute atomic E-state index is 12.0. The predicted molar refractivity (Wildman–Crippen MR) is 78.7 cm³/mol. The molecule has 5 heteroatoms. The largest absolute Gasteiger partial charge is 0.326 e. The van der Waals surface area contributed by atoms with E-state index in [1.54, 1.807) is 24.3 Å². The van der Waals surface area contributed by atoms with Gasteiger partial charge >= 0.3 is 0 Å². The van der Waals surface area contributed by atoms with Crippen molar-refractivity contribution in [2.45, 2.75) is 19.9 Å². The number of nitrogens with zero attached hydrogens (tertiary/aromatic N) is 1. The quantitative estimate of drug-likeness (QED) is 0.807. The van der Waals surface area contributed by atoms with Crippen LogP contribution in [0.25, 0.3) is 0 Å². The average molecular weight is 275 g/mol. The monoisotopic (exact) mass is 275 g/mol. The van der Waals surface area contributed by atoms with Crippen molar-refractivity contribution < 1.29 is 9.59 Å². The summed E-state index contributed by atoms with van der Waals surface area (Å²) in [6.45, 7) is 5.54. The number of Topliss-reactive ketones (excluding diaryl/α,β-unsaturated/α-hetero) is 1. The summed E-state index contributed by atoms with van der Waals surface area (Å²) in [5.74, 6) is 0.330. The molecule has 1 aliphatic heterocycles. The zero-order chi connectivity index (χ0) is 14.7. The highest BCUT2D eigenvalue weighted by atomic mass is 16.2. The van der Waals surface area contributed by atoms with Crippen LogP contribution in [0.15, 0.2) is 24.3 Å². The first-order valence-corrected chi connectivity index (χ1v) is 6.84. The van der Waals surface area contributed by atoms with Gasteiger partial charge < -0.3 is 11.1 Å². The third kappa shape index (κ3) is 3.65. The Bertz CT molecular complexity index is 506. The summed E-state index contributed by atoms with van der Waals surface area (Å²) >= 11 is 0. The number of hydrogen-bond acceptors (Lipinski definition) is 4. The van der Waals surface area contributed by atoms with Crippen LogP contribution in [0.3, 0.4) is 0 Å². The van der Waals surface area contributed by atoms with E-state index in [1.807, 2.05) is 0 Å². The number of anilines is 1. The van der Waals surface area contributed by atoms with E-state index in [2.05, 4.69) is 17.1 Å². The van der Waals surface area contributed by atoms with Crippen LogP contribution in [-0.2, 0) is 4.79 Å². The number of nitrogens with one attached hydrogen (secondary N) is 1. The van der Waals surface area contributed by atoms with Crippen molar-refractivity contribution in [3.63, 3.8) is 0 Å². The van der Waals surface area contributed by atoms with E-state index in [0.717, 1.165) is 13.1 Å². The summed E-state index contributed by atoms with van der Waals surface area (Å²) < 4.78 is 0. The topological polar surface area (TPSA) is 75.4 Å². The lowest BCUT2D eigenvalue weighted by atomic mass is 10.1. The Morgan fingerprint density at radius 2 is 2.15 bits per heavy atom. The normalized spacial score (nSPS) is 22.8. The zero-order valence-electron chi connectivity index (χ0n) is 11.9. The van der Waals surface area contributed by atoms with Crippen LogP contribution in [0.4, 0.5) is 5.69 Å². The number of ketones is 1. The van der Waals surface area contributed by atoms with Gasteiger partial charge in [0.15, 0.2) is 5.78 Å². The summed E-state index contributed by atoms with van der Waals surface area (Å²) in [6.07, 6.45) is 0. The second-order valence-corrected chi connectivity index (χ2v) is 5.52. The molecule has 3 N–H and O–H groups in total. The molecule has 2 rings (SSSR count). The van der Waals surface area contributed by atoms with Crippen molar-refractivity contribution in [3.05, 3.63) is 29.8 Å². The van der Waals surface area contributed by atoms with Gasteiger partial charge in [-0.3, -0.25) is 14.5 Å². The van der Waals surface area contributed by atoms with Gasteiger partial charge in [-0.05, 0) is 25.0 Å². The summed E-state index contributed by atoms with van der Waals surface area (Å²) in [4.78, 5) is 25.3. The van der Waals surface area contributed by atoms with Gasteiger partial charge in [-0.15, -0.1) is 0 Å². The van der Waals surface area contributed by atoms with Gasteiger partial charge in [0.05, 0.1) is 6.54 Å². The summed E-state index contributed by atoms with van der Waals surface area (Å²) in [6, 6.07) is 7.12. The maximum atomic E-state index is 12.0. The number of carbonyl (C=O) groups is 2. The standard InChI is InChI=1S/C15H21N3O2/c1-10-7-18(8-14(10)16)9-15(20)17-13-5-3-4-12(6-13)11(2)19/h3-6,10,14H,7-9,16H2,1-2H3,(H,17,20). The molecular formula is C15H21N3O2. The van der Waals surface area contributed by atoms with Gasteiger partial charge in [-0.25, -0.2) is 0 Å². The number of rotatable bonds is 4. The van der Waals surface area contributed by atoms with E-state index in [9.17, 15) is 9.59 Å². The van der Waals surface area contributed by atoms with Crippen molar-refractivity contribution in [3.8, 4) is 0 Å². The number of benzene rings is 1. The predicted octanol–water partition coefficient (Wildman–Crippen LogP) is 1.11. The maximum Gasteiger partial charge on any atom is 0.238 e. The molecule has 1 aliphatic rings. The summed E-state index contributed by atoms with van der Waals surface area (Å²) in [7, 11) is 0. The van der Waals surface area contributed by atoms with E-state index in [4.69, 9.17) is 5.73 Å². The van der Waals surface area contributed by atoms with Crippen molar-refractivity contribution in [1.82, 2.24) is 4.90 Å². The lowest BCUT2D eigenvalue weighted by Crippen LogP contribution is -2.33. The molecule has 2 unspecified atom stereocenters. The third-order valence-electron chi connectivity index (χ3n) is 3.67. The Balaban J connectivity index is 1.92. The molecule has 108 valence electrons. The van der Waals surface area contributed by atoms with Crippen molar-refractivity contribution in [1.29, 1.82) is 0 Å². The molecule has 1 amide bonds. The minimum atomic E-state index is -0.0768. The first kappa shape index (κ1) is 14.7. The fourth-order valence-corrected chi connectivity index (χ4v) is 2.44. The van der Waals surface area contributed by atoms with Gasteiger partial charge in [-0.2, -0.15) is 0 Å². The molecule has 0 saturated carbocycles. The number of hydrogen-bond donors (Lipinski definition) is 2. The molecule has 0 aromatic heterocycles. The number of amides is 1. The fraction of sp³-hybridized carbons (Fsp3) is 0.467. The van der Waals surface area contributed by atoms with Crippen LogP contribution in [0, 0.1) is 5.92 Å². The highest BCUT2D eigenvalue weighted by Gasteiger charge is 2.27. The Morgan fingerprint density at radius 3 is 2.75 bits per heavy atom. The molecule has 0 spiro atoms. The molecule has 1 heterocycles. The number of likely N-dealkylation sites (tertiary alicyclic amines) is 1.